The third-order valence-electron chi connectivity index (χ3n) is 3.65. The Morgan fingerprint density at radius 3 is 2.55 bits per heavy atom. The molecule has 0 fully saturated rings. The van der Waals surface area contributed by atoms with Gasteiger partial charge in [0.15, 0.2) is 0 Å². The number of hydrogen-bond acceptors (Lipinski definition) is 3. The monoisotopic (exact) mass is 296 g/mol. The molecule has 1 aromatic heterocycles. The van der Waals surface area contributed by atoms with Gasteiger partial charge in [-0.2, -0.15) is 5.26 Å². The molecule has 0 unspecified atom stereocenters. The van der Waals surface area contributed by atoms with Gasteiger partial charge in [-0.15, -0.1) is 0 Å². The molecule has 0 bridgehead atoms. The second kappa shape index (κ2) is 7.46. The van der Waals surface area contributed by atoms with Crippen LogP contribution in [0.3, 0.4) is 0 Å². The summed E-state index contributed by atoms with van der Waals surface area (Å²) in [7, 11) is 1.61. The Morgan fingerprint density at radius 2 is 1.95 bits per heavy atom. The van der Waals surface area contributed by atoms with Gasteiger partial charge in [-0.25, -0.2) is 0 Å². The van der Waals surface area contributed by atoms with E-state index >= 15 is 0 Å². The van der Waals surface area contributed by atoms with E-state index in [9.17, 15) is 10.1 Å². The minimum Gasteiger partial charge on any atom is -0.497 e. The highest BCUT2D eigenvalue weighted by atomic mass is 16.5. The zero-order valence-corrected chi connectivity index (χ0v) is 13.0. The molecule has 1 N–H and O–H groups in total. The molecule has 114 valence electrons. The molecule has 2 aromatic rings. The van der Waals surface area contributed by atoms with Crippen LogP contribution in [0.1, 0.15) is 37.4 Å². The first kappa shape index (κ1) is 15.8. The Hall–Kier alpha value is -2.54. The van der Waals surface area contributed by atoms with Gasteiger partial charge >= 0.3 is 0 Å². The molecular formula is C18H20N2O2. The largest absolute Gasteiger partial charge is 0.497 e. The van der Waals surface area contributed by atoms with Crippen LogP contribution in [0, 0.1) is 11.3 Å². The van der Waals surface area contributed by atoms with Crippen molar-refractivity contribution in [3.63, 3.8) is 0 Å². The van der Waals surface area contributed by atoms with Gasteiger partial charge in [0.2, 0.25) is 0 Å². The smallest absolute Gasteiger partial charge is 0.266 e. The lowest BCUT2D eigenvalue weighted by Crippen LogP contribution is -2.14. The second-order valence-electron chi connectivity index (χ2n) is 5.21. The van der Waals surface area contributed by atoms with Crippen LogP contribution in [-0.4, -0.2) is 12.1 Å². The van der Waals surface area contributed by atoms with Gasteiger partial charge in [-0.05, 0) is 36.6 Å². The van der Waals surface area contributed by atoms with Crippen molar-refractivity contribution in [2.75, 3.05) is 7.11 Å². The molecule has 0 radical (unpaired) electrons. The molecule has 4 nitrogen and oxygen atoms in total. The molecule has 0 saturated carbocycles. The van der Waals surface area contributed by atoms with E-state index in [0.717, 1.165) is 42.7 Å². The minimum atomic E-state index is -0.317. The fourth-order valence-corrected chi connectivity index (χ4v) is 2.42. The highest BCUT2D eigenvalue weighted by Crippen LogP contribution is 2.24. The number of H-pyrrole nitrogens is 1. The van der Waals surface area contributed by atoms with E-state index in [1.54, 1.807) is 7.11 Å². The molecule has 0 atom stereocenters. The van der Waals surface area contributed by atoms with Gasteiger partial charge in [-0.3, -0.25) is 4.79 Å². The number of benzene rings is 1. The van der Waals surface area contributed by atoms with Gasteiger partial charge in [0.1, 0.15) is 17.4 Å². The standard InChI is InChI=1S/C18H20N2O2/c1-3-4-5-6-14-11-16(17(12-19)18(21)20-14)13-7-9-15(22-2)10-8-13/h7-11H,3-6H2,1-2H3,(H,20,21). The lowest BCUT2D eigenvalue weighted by Gasteiger charge is -2.08. The minimum absolute atomic E-state index is 0.157. The highest BCUT2D eigenvalue weighted by molar-refractivity contribution is 5.70. The summed E-state index contributed by atoms with van der Waals surface area (Å²) in [6.07, 6.45) is 4.10. The quantitative estimate of drug-likeness (QED) is 0.827. The molecule has 0 saturated heterocycles. The maximum atomic E-state index is 12.1. The van der Waals surface area contributed by atoms with Gasteiger partial charge in [0.05, 0.1) is 7.11 Å². The normalized spacial score (nSPS) is 10.2. The van der Waals surface area contributed by atoms with Crippen LogP contribution in [0.25, 0.3) is 11.1 Å². The van der Waals surface area contributed by atoms with Crippen molar-refractivity contribution >= 4 is 0 Å². The van der Waals surface area contributed by atoms with Crippen LogP contribution in [-0.2, 0) is 6.42 Å². The Balaban J connectivity index is 2.43. The van der Waals surface area contributed by atoms with E-state index in [0.29, 0.717) is 5.56 Å². The molecule has 0 spiro atoms. The van der Waals surface area contributed by atoms with E-state index in [1.807, 2.05) is 36.4 Å². The zero-order valence-electron chi connectivity index (χ0n) is 13.0. The molecule has 0 aliphatic heterocycles. The van der Waals surface area contributed by atoms with Crippen molar-refractivity contribution in [3.05, 3.63) is 51.9 Å². The molecule has 0 aliphatic carbocycles. The van der Waals surface area contributed by atoms with Crippen LogP contribution in [0.4, 0.5) is 0 Å². The SMILES string of the molecule is CCCCCc1cc(-c2ccc(OC)cc2)c(C#N)c(=O)[nH]1. The lowest BCUT2D eigenvalue weighted by molar-refractivity contribution is 0.415. The van der Waals surface area contributed by atoms with Crippen molar-refractivity contribution in [1.82, 2.24) is 4.98 Å². The maximum Gasteiger partial charge on any atom is 0.266 e. The van der Waals surface area contributed by atoms with Gasteiger partial charge in [0, 0.05) is 11.3 Å². The fraction of sp³-hybridized carbons (Fsp3) is 0.333. The average molecular weight is 296 g/mol. The first-order valence-corrected chi connectivity index (χ1v) is 7.50. The number of methoxy groups -OCH3 is 1. The Kier molecular flexibility index (Phi) is 5.37. The van der Waals surface area contributed by atoms with Crippen LogP contribution in [0.2, 0.25) is 0 Å². The molecule has 1 aromatic carbocycles. The second-order valence-corrected chi connectivity index (χ2v) is 5.21. The summed E-state index contributed by atoms with van der Waals surface area (Å²) in [6.45, 7) is 2.14. The van der Waals surface area contributed by atoms with E-state index in [2.05, 4.69) is 11.9 Å². The number of aromatic amines is 1. The molecule has 22 heavy (non-hydrogen) atoms. The van der Waals surface area contributed by atoms with Gasteiger partial charge in [-0.1, -0.05) is 31.9 Å². The van der Waals surface area contributed by atoms with Crippen molar-refractivity contribution in [2.24, 2.45) is 0 Å². The van der Waals surface area contributed by atoms with Crippen molar-refractivity contribution in [1.29, 1.82) is 5.26 Å². The number of rotatable bonds is 6. The number of ether oxygens (including phenoxy) is 1. The predicted octanol–water partition coefficient (Wildman–Crippen LogP) is 3.65. The van der Waals surface area contributed by atoms with E-state index in [4.69, 9.17) is 4.74 Å². The fourth-order valence-electron chi connectivity index (χ4n) is 2.42. The van der Waals surface area contributed by atoms with Crippen LogP contribution in [0.5, 0.6) is 5.75 Å². The molecule has 4 heteroatoms. The Morgan fingerprint density at radius 1 is 1.23 bits per heavy atom. The van der Waals surface area contributed by atoms with E-state index in [-0.39, 0.29) is 11.1 Å². The lowest BCUT2D eigenvalue weighted by atomic mass is 9.99. The Bertz CT molecular complexity index is 724. The number of aromatic nitrogens is 1. The molecule has 2 rings (SSSR count). The topological polar surface area (TPSA) is 65.9 Å². The first-order valence-electron chi connectivity index (χ1n) is 7.50. The Labute approximate surface area is 130 Å². The highest BCUT2D eigenvalue weighted by Gasteiger charge is 2.11. The van der Waals surface area contributed by atoms with E-state index in [1.165, 1.54) is 0 Å². The van der Waals surface area contributed by atoms with Gasteiger partial charge in [0.25, 0.3) is 5.56 Å². The number of pyridine rings is 1. The number of nitriles is 1. The average Bonchev–Trinajstić information content (AvgIpc) is 2.55. The van der Waals surface area contributed by atoms with Crippen LogP contribution < -0.4 is 10.3 Å². The summed E-state index contributed by atoms with van der Waals surface area (Å²) in [5.41, 5.74) is 2.25. The molecule has 0 amide bonds. The summed E-state index contributed by atoms with van der Waals surface area (Å²) < 4.78 is 5.14. The molecule has 1 heterocycles. The number of nitrogens with zero attached hydrogens (tertiary/aromatic N) is 1. The number of unbranched alkanes of at least 4 members (excludes halogenated alkanes) is 2. The van der Waals surface area contributed by atoms with Crippen molar-refractivity contribution in [3.8, 4) is 22.9 Å². The summed E-state index contributed by atoms with van der Waals surface area (Å²) >= 11 is 0. The summed E-state index contributed by atoms with van der Waals surface area (Å²) in [6, 6.07) is 11.3. The number of nitrogens with one attached hydrogen (secondary N) is 1. The molecular weight excluding hydrogens is 276 g/mol. The number of aryl methyl sites for hydroxylation is 1. The van der Waals surface area contributed by atoms with Crippen molar-refractivity contribution < 1.29 is 4.74 Å². The van der Waals surface area contributed by atoms with Crippen LogP contribution >= 0.6 is 0 Å². The van der Waals surface area contributed by atoms with Crippen LogP contribution in [0.15, 0.2) is 35.1 Å². The zero-order chi connectivity index (χ0) is 15.9. The molecule has 0 aliphatic rings. The van der Waals surface area contributed by atoms with Crippen molar-refractivity contribution in [2.45, 2.75) is 32.6 Å². The maximum absolute atomic E-state index is 12.1. The summed E-state index contributed by atoms with van der Waals surface area (Å²) in [4.78, 5) is 14.9. The third-order valence-corrected chi connectivity index (χ3v) is 3.65. The predicted molar refractivity (Wildman–Crippen MR) is 87.0 cm³/mol. The third kappa shape index (κ3) is 3.56. The number of hydrogen-bond donors (Lipinski definition) is 1. The van der Waals surface area contributed by atoms with E-state index < -0.39 is 0 Å². The summed E-state index contributed by atoms with van der Waals surface area (Å²) in [5.74, 6) is 0.746. The first-order chi connectivity index (χ1) is 10.7. The van der Waals surface area contributed by atoms with Gasteiger partial charge < -0.3 is 9.72 Å². The summed E-state index contributed by atoms with van der Waals surface area (Å²) in [5, 5.41) is 9.27.